The Morgan fingerprint density at radius 1 is 1.50 bits per heavy atom. The molecule has 0 radical (unpaired) electrons. The summed E-state index contributed by atoms with van der Waals surface area (Å²) < 4.78 is 13.6. The summed E-state index contributed by atoms with van der Waals surface area (Å²) in [7, 11) is 0. The Balaban J connectivity index is 2.03. The van der Waals surface area contributed by atoms with E-state index in [4.69, 9.17) is 5.73 Å². The zero-order valence-corrected chi connectivity index (χ0v) is 11.8. The number of piperidine rings is 1. The summed E-state index contributed by atoms with van der Waals surface area (Å²) in [4.78, 5) is 14.0. The summed E-state index contributed by atoms with van der Waals surface area (Å²) in [5, 5.41) is 2.63. The Morgan fingerprint density at radius 3 is 2.90 bits per heavy atom. The van der Waals surface area contributed by atoms with E-state index in [9.17, 15) is 9.18 Å². The van der Waals surface area contributed by atoms with Gasteiger partial charge in [0.2, 0.25) is 0 Å². The number of nitrogens with zero attached hydrogens (tertiary/aromatic N) is 1. The maximum Gasteiger partial charge on any atom is 0.322 e. The van der Waals surface area contributed by atoms with E-state index in [1.54, 1.807) is 23.1 Å². The van der Waals surface area contributed by atoms with Gasteiger partial charge in [0.05, 0.1) is 5.69 Å². The molecule has 1 aliphatic heterocycles. The summed E-state index contributed by atoms with van der Waals surface area (Å²) >= 11 is 0. The van der Waals surface area contributed by atoms with Crippen molar-refractivity contribution in [2.24, 2.45) is 11.7 Å². The molecule has 3 N–H and O–H groups in total. The van der Waals surface area contributed by atoms with E-state index in [0.29, 0.717) is 19.0 Å². The van der Waals surface area contributed by atoms with Crippen LogP contribution >= 0.6 is 0 Å². The number of benzene rings is 1. The first kappa shape index (κ1) is 14.8. The minimum atomic E-state index is -0.423. The van der Waals surface area contributed by atoms with Gasteiger partial charge < -0.3 is 16.0 Å². The molecule has 2 atom stereocenters. The van der Waals surface area contributed by atoms with E-state index in [1.165, 1.54) is 6.07 Å². The van der Waals surface area contributed by atoms with Gasteiger partial charge in [-0.05, 0) is 30.9 Å². The molecule has 2 amide bonds. The number of anilines is 1. The first-order valence-corrected chi connectivity index (χ1v) is 7.18. The van der Waals surface area contributed by atoms with Gasteiger partial charge in [-0.2, -0.15) is 0 Å². The van der Waals surface area contributed by atoms with Gasteiger partial charge in [0.1, 0.15) is 5.82 Å². The molecule has 0 bridgehead atoms. The lowest BCUT2D eigenvalue weighted by Crippen LogP contribution is -2.51. The fourth-order valence-corrected chi connectivity index (χ4v) is 2.75. The van der Waals surface area contributed by atoms with Gasteiger partial charge in [-0.3, -0.25) is 0 Å². The van der Waals surface area contributed by atoms with Crippen LogP contribution in [0, 0.1) is 11.7 Å². The number of hydrogen-bond acceptors (Lipinski definition) is 2. The van der Waals surface area contributed by atoms with Crippen LogP contribution in [0.25, 0.3) is 0 Å². The van der Waals surface area contributed by atoms with Crippen molar-refractivity contribution in [3.8, 4) is 0 Å². The number of para-hydroxylation sites is 1. The summed E-state index contributed by atoms with van der Waals surface area (Å²) in [6.45, 7) is 3.29. The fraction of sp³-hybridized carbons (Fsp3) is 0.533. The predicted octanol–water partition coefficient (Wildman–Crippen LogP) is 2.81. The standard InChI is InChI=1S/C15H22FN3O/c1-2-11-7-8-19(12(9-11)10-17)15(20)18-14-6-4-3-5-13(14)16/h3-6,11-12H,2,7-10,17H2,1H3,(H,18,20). The van der Waals surface area contributed by atoms with Crippen LogP contribution in [0.15, 0.2) is 24.3 Å². The number of carbonyl (C=O) groups excluding carboxylic acids is 1. The van der Waals surface area contributed by atoms with Crippen molar-refractivity contribution in [2.45, 2.75) is 32.2 Å². The summed E-state index contributed by atoms with van der Waals surface area (Å²) in [6.07, 6.45) is 3.02. The van der Waals surface area contributed by atoms with Crippen molar-refractivity contribution in [3.63, 3.8) is 0 Å². The SMILES string of the molecule is CCC1CCN(C(=O)Nc2ccccc2F)C(CN)C1. The minimum absolute atomic E-state index is 0.0421. The van der Waals surface area contributed by atoms with E-state index in [-0.39, 0.29) is 17.8 Å². The highest BCUT2D eigenvalue weighted by Crippen LogP contribution is 2.25. The van der Waals surface area contributed by atoms with Crippen LogP contribution in [0.2, 0.25) is 0 Å². The summed E-state index contributed by atoms with van der Waals surface area (Å²) in [5.41, 5.74) is 5.99. The van der Waals surface area contributed by atoms with Gasteiger partial charge in [0.25, 0.3) is 0 Å². The lowest BCUT2D eigenvalue weighted by molar-refractivity contribution is 0.138. The van der Waals surface area contributed by atoms with E-state index in [2.05, 4.69) is 12.2 Å². The number of urea groups is 1. The molecule has 20 heavy (non-hydrogen) atoms. The molecular formula is C15H22FN3O. The van der Waals surface area contributed by atoms with E-state index >= 15 is 0 Å². The van der Waals surface area contributed by atoms with E-state index < -0.39 is 5.82 Å². The minimum Gasteiger partial charge on any atom is -0.328 e. The second-order valence-corrected chi connectivity index (χ2v) is 5.29. The molecule has 0 saturated carbocycles. The molecule has 1 aromatic rings. The highest BCUT2D eigenvalue weighted by atomic mass is 19.1. The largest absolute Gasteiger partial charge is 0.328 e. The van der Waals surface area contributed by atoms with Gasteiger partial charge in [-0.1, -0.05) is 25.5 Å². The van der Waals surface area contributed by atoms with Crippen molar-refractivity contribution in [1.29, 1.82) is 0 Å². The van der Waals surface area contributed by atoms with E-state index in [1.807, 2.05) is 0 Å². The monoisotopic (exact) mass is 279 g/mol. The van der Waals surface area contributed by atoms with Crippen molar-refractivity contribution in [1.82, 2.24) is 4.90 Å². The van der Waals surface area contributed by atoms with Crippen LogP contribution in [0.1, 0.15) is 26.2 Å². The van der Waals surface area contributed by atoms with Crippen LogP contribution in [0.3, 0.4) is 0 Å². The lowest BCUT2D eigenvalue weighted by atomic mass is 9.89. The van der Waals surface area contributed by atoms with Gasteiger partial charge in [-0.15, -0.1) is 0 Å². The molecule has 1 aliphatic rings. The quantitative estimate of drug-likeness (QED) is 0.894. The van der Waals surface area contributed by atoms with Crippen molar-refractivity contribution in [2.75, 3.05) is 18.4 Å². The number of nitrogens with one attached hydrogen (secondary N) is 1. The van der Waals surface area contributed by atoms with Gasteiger partial charge in [-0.25, -0.2) is 9.18 Å². The molecule has 0 spiro atoms. The summed E-state index contributed by atoms with van der Waals surface area (Å²) in [6, 6.07) is 5.96. The highest BCUT2D eigenvalue weighted by molar-refractivity contribution is 5.89. The smallest absolute Gasteiger partial charge is 0.322 e. The zero-order chi connectivity index (χ0) is 14.5. The first-order chi connectivity index (χ1) is 9.65. The fourth-order valence-electron chi connectivity index (χ4n) is 2.75. The van der Waals surface area contributed by atoms with Crippen molar-refractivity contribution in [3.05, 3.63) is 30.1 Å². The maximum atomic E-state index is 13.6. The second kappa shape index (κ2) is 6.70. The molecule has 1 saturated heterocycles. The van der Waals surface area contributed by atoms with Gasteiger partial charge in [0, 0.05) is 19.1 Å². The molecule has 1 fully saturated rings. The van der Waals surface area contributed by atoms with Crippen molar-refractivity contribution >= 4 is 11.7 Å². The average molecular weight is 279 g/mol. The number of rotatable bonds is 3. The molecule has 0 aromatic heterocycles. The second-order valence-electron chi connectivity index (χ2n) is 5.29. The predicted molar refractivity (Wildman–Crippen MR) is 78.0 cm³/mol. The number of hydrogen-bond donors (Lipinski definition) is 2. The molecule has 4 nitrogen and oxygen atoms in total. The first-order valence-electron chi connectivity index (χ1n) is 7.18. The number of likely N-dealkylation sites (tertiary alicyclic amines) is 1. The number of amides is 2. The molecule has 5 heteroatoms. The van der Waals surface area contributed by atoms with Crippen LogP contribution < -0.4 is 11.1 Å². The zero-order valence-electron chi connectivity index (χ0n) is 11.8. The van der Waals surface area contributed by atoms with Gasteiger partial charge >= 0.3 is 6.03 Å². The van der Waals surface area contributed by atoms with Crippen LogP contribution in [0.5, 0.6) is 0 Å². The van der Waals surface area contributed by atoms with Crippen LogP contribution in [0.4, 0.5) is 14.9 Å². The molecular weight excluding hydrogens is 257 g/mol. The Morgan fingerprint density at radius 2 is 2.25 bits per heavy atom. The molecule has 2 rings (SSSR count). The average Bonchev–Trinajstić information content (AvgIpc) is 2.48. The van der Waals surface area contributed by atoms with E-state index in [0.717, 1.165) is 19.3 Å². The Hall–Kier alpha value is -1.62. The number of halogens is 1. The third-order valence-corrected chi connectivity index (χ3v) is 4.05. The molecule has 0 aliphatic carbocycles. The maximum absolute atomic E-state index is 13.6. The number of carbonyl (C=O) groups is 1. The Bertz CT molecular complexity index is 466. The molecule has 1 aromatic carbocycles. The normalized spacial score (nSPS) is 22.6. The Kier molecular flexibility index (Phi) is 4.95. The molecule has 1 heterocycles. The Labute approximate surface area is 119 Å². The third kappa shape index (κ3) is 3.28. The van der Waals surface area contributed by atoms with Crippen LogP contribution in [-0.4, -0.2) is 30.1 Å². The van der Waals surface area contributed by atoms with Crippen molar-refractivity contribution < 1.29 is 9.18 Å². The third-order valence-electron chi connectivity index (χ3n) is 4.05. The summed E-state index contributed by atoms with van der Waals surface area (Å²) in [5.74, 6) is 0.203. The topological polar surface area (TPSA) is 58.4 Å². The molecule has 2 unspecified atom stereocenters. The number of nitrogens with two attached hydrogens (primary N) is 1. The highest BCUT2D eigenvalue weighted by Gasteiger charge is 2.30. The van der Waals surface area contributed by atoms with Gasteiger partial charge in [0.15, 0.2) is 0 Å². The van der Waals surface area contributed by atoms with Crippen LogP contribution in [-0.2, 0) is 0 Å². The molecule has 110 valence electrons. The lowest BCUT2D eigenvalue weighted by Gasteiger charge is -2.38.